The van der Waals surface area contributed by atoms with E-state index in [-0.39, 0.29) is 5.97 Å². The van der Waals surface area contributed by atoms with E-state index < -0.39 is 0 Å². The Morgan fingerprint density at radius 2 is 2.23 bits per heavy atom. The van der Waals surface area contributed by atoms with Crippen LogP contribution in [0.1, 0.15) is 30.2 Å². The Hall–Kier alpha value is -1.52. The standard InChI is InChI=1S/C17H20ClNO3/c1-3-21-16(20)7-6-14-12-10-19(2)9-8-11-13(18)4-5-15(22-14)17(11)12/h4-5H,3,6-10H2,1-2H3. The number of ether oxygens (including phenoxy) is 1. The van der Waals surface area contributed by atoms with Crippen LogP contribution in [-0.2, 0) is 28.9 Å². The van der Waals surface area contributed by atoms with Crippen LogP contribution in [0.25, 0.3) is 11.0 Å². The molecule has 0 radical (unpaired) electrons. The third-order valence-corrected chi connectivity index (χ3v) is 4.48. The molecule has 1 aromatic carbocycles. The molecule has 0 saturated heterocycles. The van der Waals surface area contributed by atoms with Crippen molar-refractivity contribution in [2.45, 2.75) is 32.7 Å². The van der Waals surface area contributed by atoms with Gasteiger partial charge in [0.25, 0.3) is 0 Å². The topological polar surface area (TPSA) is 42.7 Å². The highest BCUT2D eigenvalue weighted by atomic mass is 35.5. The number of halogens is 1. The number of benzene rings is 1. The maximum absolute atomic E-state index is 11.6. The minimum Gasteiger partial charge on any atom is -0.466 e. The number of esters is 1. The van der Waals surface area contributed by atoms with Gasteiger partial charge in [-0.1, -0.05) is 11.6 Å². The molecule has 4 nitrogen and oxygen atoms in total. The lowest BCUT2D eigenvalue weighted by atomic mass is 10.0. The van der Waals surface area contributed by atoms with Crippen LogP contribution in [0, 0.1) is 0 Å². The zero-order valence-corrected chi connectivity index (χ0v) is 13.7. The molecule has 0 amide bonds. The molecular weight excluding hydrogens is 302 g/mol. The quantitative estimate of drug-likeness (QED) is 0.807. The van der Waals surface area contributed by atoms with Crippen molar-refractivity contribution in [1.82, 2.24) is 4.90 Å². The molecule has 2 heterocycles. The van der Waals surface area contributed by atoms with E-state index >= 15 is 0 Å². The Bertz CT molecular complexity index is 707. The van der Waals surface area contributed by atoms with E-state index in [1.54, 1.807) is 0 Å². The summed E-state index contributed by atoms with van der Waals surface area (Å²) in [6.45, 7) is 4.01. The van der Waals surface area contributed by atoms with E-state index in [9.17, 15) is 4.79 Å². The van der Waals surface area contributed by atoms with Crippen LogP contribution in [-0.4, -0.2) is 31.1 Å². The monoisotopic (exact) mass is 321 g/mol. The number of likely N-dealkylation sites (N-methyl/N-ethyl adjacent to an activating group) is 1. The molecule has 0 aliphatic carbocycles. The molecule has 1 aromatic heterocycles. The summed E-state index contributed by atoms with van der Waals surface area (Å²) < 4.78 is 11.0. The number of carbonyl (C=O) groups excluding carboxylic acids is 1. The van der Waals surface area contributed by atoms with Gasteiger partial charge < -0.3 is 14.1 Å². The molecule has 0 bridgehead atoms. The van der Waals surface area contributed by atoms with Crippen molar-refractivity contribution in [3.63, 3.8) is 0 Å². The largest absolute Gasteiger partial charge is 0.466 e. The first kappa shape index (κ1) is 15.4. The first-order chi connectivity index (χ1) is 10.6. The molecule has 0 N–H and O–H groups in total. The average Bonchev–Trinajstić information content (AvgIpc) is 2.71. The van der Waals surface area contributed by atoms with Gasteiger partial charge >= 0.3 is 5.97 Å². The summed E-state index contributed by atoms with van der Waals surface area (Å²) >= 11 is 6.37. The average molecular weight is 322 g/mol. The van der Waals surface area contributed by atoms with Crippen molar-refractivity contribution in [2.75, 3.05) is 20.2 Å². The number of hydrogen-bond donors (Lipinski definition) is 0. The summed E-state index contributed by atoms with van der Waals surface area (Å²) in [6, 6.07) is 3.82. The molecule has 2 aromatic rings. The Kier molecular flexibility index (Phi) is 4.41. The maximum atomic E-state index is 11.6. The molecule has 5 heteroatoms. The lowest BCUT2D eigenvalue weighted by molar-refractivity contribution is -0.143. The number of rotatable bonds is 4. The molecular formula is C17H20ClNO3. The number of carbonyl (C=O) groups is 1. The van der Waals surface area contributed by atoms with E-state index in [0.29, 0.717) is 19.4 Å². The van der Waals surface area contributed by atoms with E-state index in [1.807, 2.05) is 19.1 Å². The van der Waals surface area contributed by atoms with Gasteiger partial charge in [0.2, 0.25) is 0 Å². The third kappa shape index (κ3) is 2.85. The fraction of sp³-hybridized carbons (Fsp3) is 0.471. The summed E-state index contributed by atoms with van der Waals surface area (Å²) in [4.78, 5) is 13.9. The zero-order chi connectivity index (χ0) is 15.7. The minimum absolute atomic E-state index is 0.185. The second-order valence-electron chi connectivity index (χ2n) is 5.70. The van der Waals surface area contributed by atoms with Crippen molar-refractivity contribution in [3.05, 3.63) is 34.0 Å². The lowest BCUT2D eigenvalue weighted by Gasteiger charge is -2.13. The van der Waals surface area contributed by atoms with Gasteiger partial charge in [-0.3, -0.25) is 4.79 Å². The highest BCUT2D eigenvalue weighted by molar-refractivity contribution is 6.32. The minimum atomic E-state index is -0.185. The summed E-state index contributed by atoms with van der Waals surface area (Å²) in [5.41, 5.74) is 3.19. The van der Waals surface area contributed by atoms with E-state index in [2.05, 4.69) is 11.9 Å². The molecule has 0 atom stereocenters. The molecule has 0 fully saturated rings. The predicted molar refractivity (Wildman–Crippen MR) is 86.2 cm³/mol. The molecule has 118 valence electrons. The van der Waals surface area contributed by atoms with Crippen LogP contribution in [0.3, 0.4) is 0 Å². The van der Waals surface area contributed by atoms with Gasteiger partial charge in [0.1, 0.15) is 11.3 Å². The van der Waals surface area contributed by atoms with Gasteiger partial charge in [0, 0.05) is 35.5 Å². The molecule has 0 spiro atoms. The molecule has 1 aliphatic heterocycles. The van der Waals surface area contributed by atoms with E-state index in [1.165, 1.54) is 0 Å². The van der Waals surface area contributed by atoms with Crippen molar-refractivity contribution in [1.29, 1.82) is 0 Å². The summed E-state index contributed by atoms with van der Waals surface area (Å²) in [5, 5.41) is 1.93. The van der Waals surface area contributed by atoms with Gasteiger partial charge in [-0.15, -0.1) is 0 Å². The number of aryl methyl sites for hydroxylation is 1. The number of nitrogens with zero attached hydrogens (tertiary/aromatic N) is 1. The smallest absolute Gasteiger partial charge is 0.306 e. The Balaban J connectivity index is 1.99. The summed E-state index contributed by atoms with van der Waals surface area (Å²) in [5.74, 6) is 0.690. The van der Waals surface area contributed by atoms with Gasteiger partial charge in [-0.05, 0) is 38.1 Å². The van der Waals surface area contributed by atoms with E-state index in [4.69, 9.17) is 20.8 Å². The normalized spacial score (nSPS) is 15.0. The summed E-state index contributed by atoms with van der Waals surface area (Å²) in [7, 11) is 2.09. The number of furan rings is 1. The highest BCUT2D eigenvalue weighted by Gasteiger charge is 2.23. The van der Waals surface area contributed by atoms with Crippen molar-refractivity contribution in [3.8, 4) is 0 Å². The van der Waals surface area contributed by atoms with Crippen LogP contribution < -0.4 is 0 Å². The number of hydrogen-bond acceptors (Lipinski definition) is 4. The molecule has 22 heavy (non-hydrogen) atoms. The first-order valence-corrected chi connectivity index (χ1v) is 8.03. The van der Waals surface area contributed by atoms with Crippen LogP contribution in [0.4, 0.5) is 0 Å². The zero-order valence-electron chi connectivity index (χ0n) is 12.9. The molecule has 1 aliphatic rings. The van der Waals surface area contributed by atoms with Crippen molar-refractivity contribution >= 4 is 28.5 Å². The SMILES string of the molecule is CCOC(=O)CCc1oc2ccc(Cl)c3c2c1CN(C)CC3. The Labute approximate surface area is 135 Å². The third-order valence-electron chi connectivity index (χ3n) is 4.12. The summed E-state index contributed by atoms with van der Waals surface area (Å²) in [6.07, 6.45) is 1.82. The molecule has 3 rings (SSSR count). The van der Waals surface area contributed by atoms with Crippen molar-refractivity contribution in [2.24, 2.45) is 0 Å². The molecule has 0 saturated carbocycles. The predicted octanol–water partition coefficient (Wildman–Crippen LogP) is 3.57. The first-order valence-electron chi connectivity index (χ1n) is 7.66. The van der Waals surface area contributed by atoms with Gasteiger partial charge in [-0.25, -0.2) is 0 Å². The van der Waals surface area contributed by atoms with Gasteiger partial charge in [0.05, 0.1) is 13.0 Å². The van der Waals surface area contributed by atoms with Crippen molar-refractivity contribution < 1.29 is 13.9 Å². The second-order valence-corrected chi connectivity index (χ2v) is 6.10. The van der Waals surface area contributed by atoms with Crippen LogP contribution in [0.5, 0.6) is 0 Å². The van der Waals surface area contributed by atoms with Crippen LogP contribution in [0.2, 0.25) is 5.02 Å². The van der Waals surface area contributed by atoms with Gasteiger partial charge in [0.15, 0.2) is 0 Å². The Morgan fingerprint density at radius 3 is 3.00 bits per heavy atom. The highest BCUT2D eigenvalue weighted by Crippen LogP contribution is 2.36. The van der Waals surface area contributed by atoms with Crippen LogP contribution >= 0.6 is 11.6 Å². The van der Waals surface area contributed by atoms with Crippen LogP contribution in [0.15, 0.2) is 16.5 Å². The maximum Gasteiger partial charge on any atom is 0.306 e. The lowest BCUT2D eigenvalue weighted by Crippen LogP contribution is -2.19. The fourth-order valence-electron chi connectivity index (χ4n) is 3.06. The van der Waals surface area contributed by atoms with E-state index in [0.717, 1.165) is 52.4 Å². The fourth-order valence-corrected chi connectivity index (χ4v) is 3.32. The Morgan fingerprint density at radius 1 is 1.41 bits per heavy atom. The second kappa shape index (κ2) is 6.31. The molecule has 0 unspecified atom stereocenters. The van der Waals surface area contributed by atoms with Gasteiger partial charge in [-0.2, -0.15) is 0 Å².